The lowest BCUT2D eigenvalue weighted by Gasteiger charge is -2.30. The van der Waals surface area contributed by atoms with Crippen LogP contribution in [-0.4, -0.2) is 36.9 Å². The maximum absolute atomic E-state index is 13.0. The Hall–Kier alpha value is -3.35. The second-order valence-corrected chi connectivity index (χ2v) is 8.27. The van der Waals surface area contributed by atoms with Crippen molar-refractivity contribution in [2.45, 2.75) is 13.5 Å². The number of aryl methyl sites for hydroxylation is 1. The van der Waals surface area contributed by atoms with Crippen molar-refractivity contribution < 1.29 is 14.3 Å². The summed E-state index contributed by atoms with van der Waals surface area (Å²) in [6, 6.07) is 20.6. The van der Waals surface area contributed by atoms with Crippen LogP contribution in [0.1, 0.15) is 11.1 Å². The number of benzene rings is 3. The van der Waals surface area contributed by atoms with Gasteiger partial charge in [0.2, 0.25) is 11.8 Å². The first-order chi connectivity index (χ1) is 15.4. The Kier molecular flexibility index (Phi) is 6.44. The van der Waals surface area contributed by atoms with Crippen LogP contribution in [0, 0.1) is 6.92 Å². The van der Waals surface area contributed by atoms with Crippen LogP contribution in [0.5, 0.6) is 11.5 Å². The molecule has 2 amide bonds. The van der Waals surface area contributed by atoms with E-state index in [1.807, 2.05) is 73.5 Å². The van der Waals surface area contributed by atoms with Gasteiger partial charge in [0.25, 0.3) is 0 Å². The zero-order valence-corrected chi connectivity index (χ0v) is 18.7. The maximum Gasteiger partial charge on any atom is 0.244 e. The maximum atomic E-state index is 13.0. The number of carbonyl (C=O) groups is 2. The number of hydrogen-bond donors (Lipinski definition) is 1. The van der Waals surface area contributed by atoms with Crippen molar-refractivity contribution in [2.75, 3.05) is 30.4 Å². The highest BCUT2D eigenvalue weighted by atomic mass is 35.5. The fraction of sp³-hybridized carbons (Fsp3) is 0.200. The van der Waals surface area contributed by atoms with Crippen molar-refractivity contribution >= 4 is 34.8 Å². The molecule has 0 aromatic heterocycles. The molecule has 1 heterocycles. The highest BCUT2D eigenvalue weighted by Crippen LogP contribution is 2.31. The molecular formula is C25H24ClN3O3. The Morgan fingerprint density at radius 1 is 1.09 bits per heavy atom. The molecule has 1 aliphatic heterocycles. The first-order valence-corrected chi connectivity index (χ1v) is 10.7. The molecule has 32 heavy (non-hydrogen) atoms. The fourth-order valence-electron chi connectivity index (χ4n) is 3.66. The lowest BCUT2D eigenvalue weighted by molar-refractivity contribution is -0.122. The molecule has 0 aliphatic carbocycles. The highest BCUT2D eigenvalue weighted by Gasteiger charge is 2.27. The summed E-state index contributed by atoms with van der Waals surface area (Å²) >= 11 is 6.13. The molecule has 0 bridgehead atoms. The number of carbonyl (C=O) groups excluding carboxylic acids is 2. The second-order valence-electron chi connectivity index (χ2n) is 7.84. The predicted octanol–water partition coefficient (Wildman–Crippen LogP) is 4.86. The molecule has 6 nitrogen and oxygen atoms in total. The van der Waals surface area contributed by atoms with E-state index < -0.39 is 0 Å². The molecule has 1 aliphatic rings. The van der Waals surface area contributed by atoms with Gasteiger partial charge in [-0.05, 0) is 49.9 Å². The van der Waals surface area contributed by atoms with Crippen molar-refractivity contribution in [3.63, 3.8) is 0 Å². The predicted molar refractivity (Wildman–Crippen MR) is 126 cm³/mol. The molecule has 0 atom stereocenters. The summed E-state index contributed by atoms with van der Waals surface area (Å²) in [7, 11) is 1.87. The smallest absolute Gasteiger partial charge is 0.244 e. The summed E-state index contributed by atoms with van der Waals surface area (Å²) in [6.45, 7) is 2.64. The van der Waals surface area contributed by atoms with Crippen molar-refractivity contribution in [1.82, 2.24) is 4.90 Å². The highest BCUT2D eigenvalue weighted by molar-refractivity contribution is 6.30. The van der Waals surface area contributed by atoms with Gasteiger partial charge in [-0.3, -0.25) is 19.4 Å². The zero-order chi connectivity index (χ0) is 22.7. The van der Waals surface area contributed by atoms with Crippen LogP contribution in [0.15, 0.2) is 66.7 Å². The van der Waals surface area contributed by atoms with E-state index >= 15 is 0 Å². The number of para-hydroxylation sites is 3. The van der Waals surface area contributed by atoms with Gasteiger partial charge in [0, 0.05) is 17.1 Å². The van der Waals surface area contributed by atoms with Gasteiger partial charge in [0.15, 0.2) is 0 Å². The van der Waals surface area contributed by atoms with Gasteiger partial charge in [-0.1, -0.05) is 48.0 Å². The zero-order valence-electron chi connectivity index (χ0n) is 18.0. The molecule has 1 N–H and O–H groups in total. The standard InChI is InChI=1S/C25H24ClN3O3/c1-17-11-12-19(26)13-23(17)32-22-10-6-3-7-18(22)14-28(2)16-25(31)29-15-24(30)27-20-8-4-5-9-21(20)29/h3-13H,14-16H2,1-2H3,(H,27,30). The van der Waals surface area contributed by atoms with Crippen LogP contribution in [0.2, 0.25) is 5.02 Å². The van der Waals surface area contributed by atoms with Crippen LogP contribution < -0.4 is 15.0 Å². The van der Waals surface area contributed by atoms with Crippen LogP contribution >= 0.6 is 11.6 Å². The number of halogens is 1. The molecule has 0 radical (unpaired) electrons. The number of fused-ring (bicyclic) bond motifs is 1. The molecular weight excluding hydrogens is 426 g/mol. The molecule has 164 valence electrons. The molecule has 4 rings (SSSR count). The van der Waals surface area contributed by atoms with E-state index in [0.717, 1.165) is 11.1 Å². The monoisotopic (exact) mass is 449 g/mol. The Morgan fingerprint density at radius 2 is 1.84 bits per heavy atom. The lowest BCUT2D eigenvalue weighted by atomic mass is 10.1. The van der Waals surface area contributed by atoms with Gasteiger partial charge in [0.1, 0.15) is 18.0 Å². The topological polar surface area (TPSA) is 61.9 Å². The minimum Gasteiger partial charge on any atom is -0.457 e. The van der Waals surface area contributed by atoms with Crippen molar-refractivity contribution in [2.24, 2.45) is 0 Å². The summed E-state index contributed by atoms with van der Waals surface area (Å²) in [5.74, 6) is 1.06. The third-order valence-corrected chi connectivity index (χ3v) is 5.49. The number of anilines is 2. The molecule has 0 saturated carbocycles. The van der Waals surface area contributed by atoms with E-state index in [1.165, 1.54) is 4.90 Å². The number of nitrogens with one attached hydrogen (secondary N) is 1. The Bertz CT molecular complexity index is 1160. The van der Waals surface area contributed by atoms with Gasteiger partial charge >= 0.3 is 0 Å². The lowest BCUT2D eigenvalue weighted by Crippen LogP contribution is -2.45. The van der Waals surface area contributed by atoms with Crippen LogP contribution in [-0.2, 0) is 16.1 Å². The summed E-state index contributed by atoms with van der Waals surface area (Å²) in [5, 5.41) is 3.41. The van der Waals surface area contributed by atoms with E-state index in [0.29, 0.717) is 34.4 Å². The van der Waals surface area contributed by atoms with Crippen LogP contribution in [0.25, 0.3) is 0 Å². The molecule has 3 aromatic carbocycles. The molecule has 3 aromatic rings. The summed E-state index contributed by atoms with van der Waals surface area (Å²) < 4.78 is 6.14. The van der Waals surface area contributed by atoms with Gasteiger partial charge in [-0.15, -0.1) is 0 Å². The summed E-state index contributed by atoms with van der Waals surface area (Å²) in [5.41, 5.74) is 3.29. The molecule has 0 saturated heterocycles. The Morgan fingerprint density at radius 3 is 2.69 bits per heavy atom. The first kappa shape index (κ1) is 21.9. The first-order valence-electron chi connectivity index (χ1n) is 10.3. The third kappa shape index (κ3) is 4.93. The Balaban J connectivity index is 1.47. The number of ether oxygens (including phenoxy) is 1. The molecule has 0 spiro atoms. The second kappa shape index (κ2) is 9.42. The quantitative estimate of drug-likeness (QED) is 0.584. The van der Waals surface area contributed by atoms with E-state index in [2.05, 4.69) is 5.32 Å². The van der Waals surface area contributed by atoms with Crippen molar-refractivity contribution in [1.29, 1.82) is 0 Å². The number of rotatable bonds is 6. The largest absolute Gasteiger partial charge is 0.457 e. The average Bonchev–Trinajstić information content (AvgIpc) is 2.77. The minimum atomic E-state index is -0.199. The van der Waals surface area contributed by atoms with Crippen molar-refractivity contribution in [3.05, 3.63) is 82.9 Å². The van der Waals surface area contributed by atoms with Gasteiger partial charge in [0.05, 0.1) is 17.9 Å². The molecule has 0 unspecified atom stereocenters. The van der Waals surface area contributed by atoms with Gasteiger partial charge < -0.3 is 10.1 Å². The number of nitrogens with zero attached hydrogens (tertiary/aromatic N) is 2. The van der Waals surface area contributed by atoms with E-state index in [9.17, 15) is 9.59 Å². The van der Waals surface area contributed by atoms with E-state index in [4.69, 9.17) is 16.3 Å². The summed E-state index contributed by atoms with van der Waals surface area (Å²) in [6.07, 6.45) is 0. The van der Waals surface area contributed by atoms with E-state index in [1.54, 1.807) is 12.1 Å². The molecule has 0 fully saturated rings. The normalized spacial score (nSPS) is 13.0. The van der Waals surface area contributed by atoms with Crippen LogP contribution in [0.3, 0.4) is 0 Å². The van der Waals surface area contributed by atoms with Gasteiger partial charge in [-0.25, -0.2) is 0 Å². The minimum absolute atomic E-state index is 0.0113. The van der Waals surface area contributed by atoms with Crippen molar-refractivity contribution in [3.8, 4) is 11.5 Å². The number of amides is 2. The Labute approximate surface area is 192 Å². The number of hydrogen-bond acceptors (Lipinski definition) is 4. The van der Waals surface area contributed by atoms with E-state index in [-0.39, 0.29) is 24.9 Å². The molecule has 7 heteroatoms. The SMILES string of the molecule is Cc1ccc(Cl)cc1Oc1ccccc1CN(C)CC(=O)N1CC(=O)Nc2ccccc21. The van der Waals surface area contributed by atoms with Gasteiger partial charge in [-0.2, -0.15) is 0 Å². The number of likely N-dealkylation sites (N-methyl/N-ethyl adjacent to an activating group) is 1. The summed E-state index contributed by atoms with van der Waals surface area (Å²) in [4.78, 5) is 28.5. The van der Waals surface area contributed by atoms with Crippen LogP contribution in [0.4, 0.5) is 11.4 Å². The average molecular weight is 450 g/mol. The fourth-order valence-corrected chi connectivity index (χ4v) is 3.82. The third-order valence-electron chi connectivity index (χ3n) is 5.26.